The van der Waals surface area contributed by atoms with Crippen molar-refractivity contribution in [1.82, 2.24) is 4.98 Å². The highest BCUT2D eigenvalue weighted by Gasteiger charge is 2.52. The van der Waals surface area contributed by atoms with Crippen LogP contribution in [0.5, 0.6) is 0 Å². The molecule has 2 aliphatic heterocycles. The summed E-state index contributed by atoms with van der Waals surface area (Å²) in [6, 6.07) is 1.44. The Morgan fingerprint density at radius 2 is 1.90 bits per heavy atom. The second-order valence-electron chi connectivity index (χ2n) is 6.72. The second-order valence-corrected chi connectivity index (χ2v) is 6.72. The molecule has 21 heavy (non-hydrogen) atoms. The molecule has 0 radical (unpaired) electrons. The van der Waals surface area contributed by atoms with Gasteiger partial charge < -0.3 is 14.0 Å². The highest BCUT2D eigenvalue weighted by atomic mass is 19.1. The van der Waals surface area contributed by atoms with Crippen LogP contribution in [0.1, 0.15) is 52.3 Å². The van der Waals surface area contributed by atoms with Gasteiger partial charge >= 0.3 is 7.12 Å². The third-order valence-electron chi connectivity index (χ3n) is 4.67. The van der Waals surface area contributed by atoms with Crippen molar-refractivity contribution in [2.45, 2.75) is 57.8 Å². The van der Waals surface area contributed by atoms with Crippen LogP contribution >= 0.6 is 0 Å². The van der Waals surface area contributed by atoms with E-state index in [0.717, 1.165) is 12.8 Å². The van der Waals surface area contributed by atoms with Crippen LogP contribution in [0.2, 0.25) is 0 Å². The number of hydrogen-bond acceptors (Lipinski definition) is 4. The van der Waals surface area contributed by atoms with Crippen LogP contribution in [0, 0.1) is 5.82 Å². The molecule has 0 spiro atoms. The number of aromatic nitrogens is 1. The Labute approximate surface area is 125 Å². The third-order valence-corrected chi connectivity index (χ3v) is 4.67. The van der Waals surface area contributed by atoms with Crippen molar-refractivity contribution in [3.8, 4) is 0 Å². The number of pyridine rings is 1. The van der Waals surface area contributed by atoms with E-state index in [1.54, 1.807) is 0 Å². The second kappa shape index (κ2) is 5.04. The molecule has 3 heterocycles. The van der Waals surface area contributed by atoms with Crippen molar-refractivity contribution in [3.05, 3.63) is 23.8 Å². The molecule has 2 saturated heterocycles. The molecule has 2 fully saturated rings. The lowest BCUT2D eigenvalue weighted by Crippen LogP contribution is -2.41. The predicted octanol–water partition coefficient (Wildman–Crippen LogP) is 2.37. The third kappa shape index (κ3) is 2.60. The lowest BCUT2D eigenvalue weighted by atomic mass is 9.79. The van der Waals surface area contributed by atoms with Crippen molar-refractivity contribution >= 4 is 12.6 Å². The van der Waals surface area contributed by atoms with Gasteiger partial charge in [-0.25, -0.2) is 4.39 Å². The van der Waals surface area contributed by atoms with Gasteiger partial charge in [-0.3, -0.25) is 4.98 Å². The summed E-state index contributed by atoms with van der Waals surface area (Å²) >= 11 is 0. The van der Waals surface area contributed by atoms with E-state index in [4.69, 9.17) is 14.0 Å². The monoisotopic (exact) mass is 293 g/mol. The van der Waals surface area contributed by atoms with E-state index < -0.39 is 18.3 Å². The van der Waals surface area contributed by atoms with Crippen LogP contribution in [-0.4, -0.2) is 29.9 Å². The number of halogens is 1. The van der Waals surface area contributed by atoms with Gasteiger partial charge in [-0.1, -0.05) is 0 Å². The fourth-order valence-electron chi connectivity index (χ4n) is 2.59. The van der Waals surface area contributed by atoms with E-state index >= 15 is 0 Å². The molecule has 0 aromatic carbocycles. The zero-order valence-electron chi connectivity index (χ0n) is 13.0. The topological polar surface area (TPSA) is 40.6 Å². The standard InChI is InChI=1S/C15H21BFNO3/c1-14(2)15(3,4)21-16(20-14)10-9-18-12(8-11(10)17)13-6-5-7-19-13/h8-9,13H,5-7H2,1-4H3. The number of ether oxygens (including phenoxy) is 1. The molecule has 1 unspecified atom stereocenters. The van der Waals surface area contributed by atoms with E-state index in [-0.39, 0.29) is 11.9 Å². The lowest BCUT2D eigenvalue weighted by molar-refractivity contribution is 0.00578. The lowest BCUT2D eigenvalue weighted by Gasteiger charge is -2.32. The van der Waals surface area contributed by atoms with Crippen LogP contribution in [0.4, 0.5) is 4.39 Å². The maximum atomic E-state index is 14.4. The van der Waals surface area contributed by atoms with Crippen molar-refractivity contribution in [2.75, 3.05) is 6.61 Å². The van der Waals surface area contributed by atoms with Gasteiger partial charge in [0.2, 0.25) is 0 Å². The Kier molecular flexibility index (Phi) is 3.58. The zero-order chi connectivity index (χ0) is 15.3. The summed E-state index contributed by atoms with van der Waals surface area (Å²) in [5.41, 5.74) is 0.00923. The van der Waals surface area contributed by atoms with Crippen molar-refractivity contribution in [3.63, 3.8) is 0 Å². The van der Waals surface area contributed by atoms with Gasteiger partial charge in [0.1, 0.15) is 5.82 Å². The van der Waals surface area contributed by atoms with Gasteiger partial charge in [0.05, 0.1) is 23.0 Å². The minimum atomic E-state index is -0.721. The van der Waals surface area contributed by atoms with E-state index in [2.05, 4.69) is 4.98 Å². The summed E-state index contributed by atoms with van der Waals surface area (Å²) in [6.45, 7) is 8.49. The van der Waals surface area contributed by atoms with Gasteiger partial charge in [0.15, 0.2) is 0 Å². The van der Waals surface area contributed by atoms with Crippen LogP contribution < -0.4 is 5.46 Å². The highest BCUT2D eigenvalue weighted by molar-refractivity contribution is 6.62. The van der Waals surface area contributed by atoms with Crippen LogP contribution in [0.25, 0.3) is 0 Å². The van der Waals surface area contributed by atoms with E-state index in [1.807, 2.05) is 27.7 Å². The number of hydrogen-bond donors (Lipinski definition) is 0. The molecule has 0 N–H and O–H groups in total. The molecular weight excluding hydrogens is 272 g/mol. The predicted molar refractivity (Wildman–Crippen MR) is 77.8 cm³/mol. The van der Waals surface area contributed by atoms with E-state index in [0.29, 0.717) is 17.8 Å². The fraction of sp³-hybridized carbons (Fsp3) is 0.667. The molecule has 4 nitrogen and oxygen atoms in total. The minimum absolute atomic E-state index is 0.0909. The summed E-state index contributed by atoms with van der Waals surface area (Å²) in [4.78, 5) is 4.34. The van der Waals surface area contributed by atoms with Gasteiger partial charge in [-0.05, 0) is 46.6 Å². The smallest absolute Gasteiger partial charge is 0.399 e. The Morgan fingerprint density at radius 1 is 1.24 bits per heavy atom. The van der Waals surface area contributed by atoms with Crippen LogP contribution in [0.3, 0.4) is 0 Å². The van der Waals surface area contributed by atoms with Gasteiger partial charge in [0, 0.05) is 18.3 Å². The summed E-state index contributed by atoms with van der Waals surface area (Å²) in [5, 5.41) is 0. The van der Waals surface area contributed by atoms with E-state index in [9.17, 15) is 4.39 Å². The number of rotatable bonds is 2. The van der Waals surface area contributed by atoms with Gasteiger partial charge in [0.25, 0.3) is 0 Å². The molecule has 0 amide bonds. The quantitative estimate of drug-likeness (QED) is 0.785. The van der Waals surface area contributed by atoms with Gasteiger partial charge in [-0.2, -0.15) is 0 Å². The molecule has 0 saturated carbocycles. The molecule has 2 aliphatic rings. The molecule has 6 heteroatoms. The fourth-order valence-corrected chi connectivity index (χ4v) is 2.59. The first-order valence-electron chi connectivity index (χ1n) is 7.43. The summed E-state index contributed by atoms with van der Waals surface area (Å²) in [5.74, 6) is -0.353. The minimum Gasteiger partial charge on any atom is -0.399 e. The molecule has 0 bridgehead atoms. The number of nitrogens with zero attached hydrogens (tertiary/aromatic N) is 1. The molecule has 114 valence electrons. The molecular formula is C15H21BFNO3. The Bertz CT molecular complexity index is 528. The van der Waals surface area contributed by atoms with Gasteiger partial charge in [-0.15, -0.1) is 0 Å². The Morgan fingerprint density at radius 3 is 2.43 bits per heavy atom. The summed E-state index contributed by atoms with van der Waals surface area (Å²) < 4.78 is 31.7. The largest absolute Gasteiger partial charge is 0.499 e. The Hall–Kier alpha value is -0.975. The average Bonchev–Trinajstić information content (AvgIpc) is 2.96. The zero-order valence-corrected chi connectivity index (χ0v) is 13.0. The maximum absolute atomic E-state index is 14.4. The normalized spacial score (nSPS) is 27.3. The molecule has 1 aromatic heterocycles. The molecule has 1 aromatic rings. The molecule has 3 rings (SSSR count). The Balaban J connectivity index is 1.84. The average molecular weight is 293 g/mol. The highest BCUT2D eigenvalue weighted by Crippen LogP contribution is 2.36. The SMILES string of the molecule is CC1(C)OB(c2cnc(C3CCCO3)cc2F)OC1(C)C. The van der Waals surface area contributed by atoms with Crippen molar-refractivity contribution in [1.29, 1.82) is 0 Å². The molecule has 1 atom stereocenters. The van der Waals surface area contributed by atoms with Crippen molar-refractivity contribution in [2.24, 2.45) is 0 Å². The van der Waals surface area contributed by atoms with Crippen LogP contribution in [-0.2, 0) is 14.0 Å². The summed E-state index contributed by atoms with van der Waals surface area (Å²) in [6.07, 6.45) is 3.30. The first kappa shape index (κ1) is 14.9. The maximum Gasteiger partial charge on any atom is 0.499 e. The molecule has 0 aliphatic carbocycles. The van der Waals surface area contributed by atoms with Crippen LogP contribution in [0.15, 0.2) is 12.3 Å². The summed E-state index contributed by atoms with van der Waals surface area (Å²) in [7, 11) is -0.721. The van der Waals surface area contributed by atoms with E-state index in [1.165, 1.54) is 12.3 Å². The first-order valence-corrected chi connectivity index (χ1v) is 7.43. The first-order chi connectivity index (χ1) is 9.80. The van der Waals surface area contributed by atoms with Crippen molar-refractivity contribution < 1.29 is 18.4 Å².